The van der Waals surface area contributed by atoms with Gasteiger partial charge in [-0.05, 0) is 32.5 Å². The topological polar surface area (TPSA) is 53.3 Å². The number of likely N-dealkylation sites (tertiary alicyclic amines) is 1. The maximum atomic E-state index is 4.61. The van der Waals surface area contributed by atoms with Crippen LogP contribution in [0.4, 0.5) is 5.95 Å². The fraction of sp³-hybridized carbons (Fsp3) is 0.611. The number of hydrogen-bond acceptors (Lipinski definition) is 6. The van der Waals surface area contributed by atoms with Crippen LogP contribution < -0.4 is 4.90 Å². The van der Waals surface area contributed by atoms with Crippen LogP contribution in [-0.2, 0) is 6.54 Å². The van der Waals surface area contributed by atoms with E-state index < -0.39 is 0 Å². The second-order valence-corrected chi connectivity index (χ2v) is 7.20. The van der Waals surface area contributed by atoms with E-state index in [4.69, 9.17) is 0 Å². The molecule has 0 saturated carbocycles. The first-order valence-corrected chi connectivity index (χ1v) is 9.24. The molecule has 0 unspecified atom stereocenters. The Morgan fingerprint density at radius 1 is 1.08 bits per heavy atom. The molecule has 2 aromatic rings. The molecule has 25 heavy (non-hydrogen) atoms. The first kappa shape index (κ1) is 16.5. The zero-order valence-electron chi connectivity index (χ0n) is 15.0. The lowest BCUT2D eigenvalue weighted by Crippen LogP contribution is -2.45. The third kappa shape index (κ3) is 3.99. The summed E-state index contributed by atoms with van der Waals surface area (Å²) in [5, 5.41) is 4.41. The molecule has 7 heteroatoms. The zero-order valence-corrected chi connectivity index (χ0v) is 15.0. The van der Waals surface area contributed by atoms with Crippen molar-refractivity contribution in [3.63, 3.8) is 0 Å². The predicted molar refractivity (Wildman–Crippen MR) is 97.5 cm³/mol. The van der Waals surface area contributed by atoms with Gasteiger partial charge in [0.15, 0.2) is 0 Å². The van der Waals surface area contributed by atoms with Crippen molar-refractivity contribution >= 4 is 5.95 Å². The molecule has 1 atom stereocenters. The van der Waals surface area contributed by atoms with E-state index >= 15 is 0 Å². The molecule has 4 rings (SSSR count). The van der Waals surface area contributed by atoms with Gasteiger partial charge >= 0.3 is 0 Å². The average Bonchev–Trinajstić information content (AvgIpc) is 3.18. The molecule has 4 heterocycles. The van der Waals surface area contributed by atoms with Gasteiger partial charge in [0, 0.05) is 69.6 Å². The van der Waals surface area contributed by atoms with E-state index in [0.717, 1.165) is 51.8 Å². The first-order valence-electron chi connectivity index (χ1n) is 9.24. The van der Waals surface area contributed by atoms with Crippen molar-refractivity contribution in [2.45, 2.75) is 25.4 Å². The first-order chi connectivity index (χ1) is 12.3. The minimum Gasteiger partial charge on any atom is -0.338 e. The van der Waals surface area contributed by atoms with Gasteiger partial charge in [-0.1, -0.05) is 0 Å². The van der Waals surface area contributed by atoms with Crippen molar-refractivity contribution in [2.24, 2.45) is 0 Å². The molecule has 0 spiro atoms. The largest absolute Gasteiger partial charge is 0.338 e. The molecule has 0 N–H and O–H groups in total. The summed E-state index contributed by atoms with van der Waals surface area (Å²) in [4.78, 5) is 16.3. The molecular formula is C18H27N7. The minimum absolute atomic E-state index is 0.481. The SMILES string of the molecule is CN1CCN(c2ncc(CN3CCC[C@@H](n4cccn4)C3)cn2)CC1. The van der Waals surface area contributed by atoms with Crippen LogP contribution in [0.3, 0.4) is 0 Å². The highest BCUT2D eigenvalue weighted by Crippen LogP contribution is 2.22. The maximum absolute atomic E-state index is 4.61. The quantitative estimate of drug-likeness (QED) is 0.835. The number of anilines is 1. The van der Waals surface area contributed by atoms with Crippen molar-refractivity contribution in [1.82, 2.24) is 29.5 Å². The molecule has 134 valence electrons. The summed E-state index contributed by atoms with van der Waals surface area (Å²) in [6.45, 7) is 7.27. The summed E-state index contributed by atoms with van der Waals surface area (Å²) < 4.78 is 2.10. The Labute approximate surface area is 149 Å². The van der Waals surface area contributed by atoms with Crippen molar-refractivity contribution < 1.29 is 0 Å². The third-order valence-electron chi connectivity index (χ3n) is 5.26. The van der Waals surface area contributed by atoms with E-state index in [0.29, 0.717) is 6.04 Å². The van der Waals surface area contributed by atoms with E-state index in [2.05, 4.69) is 47.7 Å². The molecule has 2 aromatic heterocycles. The van der Waals surface area contributed by atoms with Gasteiger partial charge in [-0.25, -0.2) is 9.97 Å². The van der Waals surface area contributed by atoms with Gasteiger partial charge in [0.1, 0.15) is 0 Å². The second-order valence-electron chi connectivity index (χ2n) is 7.20. The van der Waals surface area contributed by atoms with Crippen LogP contribution in [-0.4, -0.2) is 75.9 Å². The molecule has 7 nitrogen and oxygen atoms in total. The fourth-order valence-electron chi connectivity index (χ4n) is 3.74. The molecule has 2 saturated heterocycles. The van der Waals surface area contributed by atoms with E-state index in [1.807, 2.05) is 24.7 Å². The predicted octanol–water partition coefficient (Wildman–Crippen LogP) is 1.26. The summed E-state index contributed by atoms with van der Waals surface area (Å²) >= 11 is 0. The van der Waals surface area contributed by atoms with Crippen LogP contribution in [0.25, 0.3) is 0 Å². The van der Waals surface area contributed by atoms with Crippen LogP contribution in [0.2, 0.25) is 0 Å². The lowest BCUT2D eigenvalue weighted by molar-refractivity contribution is 0.163. The van der Waals surface area contributed by atoms with E-state index in [-0.39, 0.29) is 0 Å². The number of nitrogens with zero attached hydrogens (tertiary/aromatic N) is 7. The van der Waals surface area contributed by atoms with Crippen molar-refractivity contribution in [1.29, 1.82) is 0 Å². The average molecular weight is 341 g/mol. The van der Waals surface area contributed by atoms with E-state index in [9.17, 15) is 0 Å². The Balaban J connectivity index is 1.34. The number of rotatable bonds is 4. The minimum atomic E-state index is 0.481. The van der Waals surface area contributed by atoms with Gasteiger partial charge in [0.05, 0.1) is 6.04 Å². The number of piperidine rings is 1. The summed E-state index contributed by atoms with van der Waals surface area (Å²) in [6, 6.07) is 2.48. The van der Waals surface area contributed by atoms with Crippen LogP contribution in [0, 0.1) is 0 Å². The van der Waals surface area contributed by atoms with E-state index in [1.54, 1.807) is 0 Å². The maximum Gasteiger partial charge on any atom is 0.225 e. The van der Waals surface area contributed by atoms with E-state index in [1.165, 1.54) is 18.4 Å². The van der Waals surface area contributed by atoms with Gasteiger partial charge in [-0.3, -0.25) is 9.58 Å². The Morgan fingerprint density at radius 2 is 1.88 bits per heavy atom. The summed E-state index contributed by atoms with van der Waals surface area (Å²) in [5.41, 5.74) is 1.19. The fourth-order valence-corrected chi connectivity index (χ4v) is 3.74. The van der Waals surface area contributed by atoms with Gasteiger partial charge in [-0.2, -0.15) is 5.10 Å². The molecule has 2 aliphatic heterocycles. The van der Waals surface area contributed by atoms with Crippen LogP contribution in [0.15, 0.2) is 30.9 Å². The third-order valence-corrected chi connectivity index (χ3v) is 5.26. The molecule has 0 aromatic carbocycles. The number of hydrogen-bond donors (Lipinski definition) is 0. The Hall–Kier alpha value is -1.99. The smallest absolute Gasteiger partial charge is 0.225 e. The van der Waals surface area contributed by atoms with Crippen LogP contribution in [0.1, 0.15) is 24.4 Å². The number of likely N-dealkylation sites (N-methyl/N-ethyl adjacent to an activating group) is 1. The number of piperazine rings is 1. The van der Waals surface area contributed by atoms with Gasteiger partial charge in [-0.15, -0.1) is 0 Å². The molecule has 0 bridgehead atoms. The number of aromatic nitrogens is 4. The van der Waals surface area contributed by atoms with Crippen LogP contribution >= 0.6 is 0 Å². The van der Waals surface area contributed by atoms with Gasteiger partial charge in [0.25, 0.3) is 0 Å². The molecule has 2 aliphatic rings. The normalized spacial score (nSPS) is 23.1. The zero-order chi connectivity index (χ0) is 17.1. The Kier molecular flexibility index (Phi) is 4.94. The van der Waals surface area contributed by atoms with Crippen molar-refractivity contribution in [2.75, 3.05) is 51.2 Å². The van der Waals surface area contributed by atoms with Crippen molar-refractivity contribution in [3.8, 4) is 0 Å². The summed E-state index contributed by atoms with van der Waals surface area (Å²) in [5.74, 6) is 0.866. The lowest BCUT2D eigenvalue weighted by atomic mass is 10.1. The molecule has 0 radical (unpaired) electrons. The Morgan fingerprint density at radius 3 is 2.60 bits per heavy atom. The lowest BCUT2D eigenvalue weighted by Gasteiger charge is -2.33. The molecule has 0 aliphatic carbocycles. The Bertz CT molecular complexity index is 647. The monoisotopic (exact) mass is 341 g/mol. The molecule has 0 amide bonds. The van der Waals surface area contributed by atoms with Gasteiger partial charge < -0.3 is 9.80 Å². The van der Waals surface area contributed by atoms with Crippen LogP contribution in [0.5, 0.6) is 0 Å². The highest BCUT2D eigenvalue weighted by Gasteiger charge is 2.22. The summed E-state index contributed by atoms with van der Waals surface area (Å²) in [7, 11) is 2.16. The highest BCUT2D eigenvalue weighted by atomic mass is 15.3. The highest BCUT2D eigenvalue weighted by molar-refractivity contribution is 5.30. The molecular weight excluding hydrogens is 314 g/mol. The van der Waals surface area contributed by atoms with Crippen molar-refractivity contribution in [3.05, 3.63) is 36.4 Å². The molecule has 2 fully saturated rings. The second kappa shape index (κ2) is 7.49. The summed E-state index contributed by atoms with van der Waals surface area (Å²) in [6.07, 6.45) is 10.4. The van der Waals surface area contributed by atoms with Gasteiger partial charge in [0.2, 0.25) is 5.95 Å². The standard InChI is InChI=1S/C18H27N7/c1-22-8-10-24(11-9-22)18-19-12-16(13-20-18)14-23-6-2-4-17(15-23)25-7-3-5-21-25/h3,5,7,12-13,17H,2,4,6,8-11,14-15H2,1H3/t17-/m1/s1.